The maximum absolute atomic E-state index is 11.3. The summed E-state index contributed by atoms with van der Waals surface area (Å²) >= 11 is 0. The van der Waals surface area contributed by atoms with Crippen molar-refractivity contribution in [3.05, 3.63) is 35.1 Å². The van der Waals surface area contributed by atoms with E-state index in [0.29, 0.717) is 12.2 Å². The molecule has 1 heterocycles. The highest BCUT2D eigenvalue weighted by Crippen LogP contribution is 2.34. The van der Waals surface area contributed by atoms with Crippen LogP contribution >= 0.6 is 0 Å². The highest BCUT2D eigenvalue weighted by molar-refractivity contribution is 5.87. The van der Waals surface area contributed by atoms with Gasteiger partial charge in [-0.25, -0.2) is 4.79 Å². The second-order valence-electron chi connectivity index (χ2n) is 5.30. The molecule has 1 aliphatic heterocycles. The van der Waals surface area contributed by atoms with E-state index in [1.807, 2.05) is 19.1 Å². The average molecular weight is 250 g/mol. The van der Waals surface area contributed by atoms with Crippen molar-refractivity contribution in [2.24, 2.45) is 5.41 Å². The van der Waals surface area contributed by atoms with E-state index in [4.69, 9.17) is 4.74 Å². The van der Waals surface area contributed by atoms with Crippen LogP contribution in [0.5, 0.6) is 0 Å². The number of methoxy groups -OCH3 is 1. The largest absolute Gasteiger partial charge is 0.493 e. The molecule has 0 aliphatic carbocycles. The zero-order valence-electron chi connectivity index (χ0n) is 11.9. The van der Waals surface area contributed by atoms with Crippen molar-refractivity contribution in [3.8, 4) is 0 Å². The molecular formula is C15H22O3. The van der Waals surface area contributed by atoms with Gasteiger partial charge >= 0.3 is 5.97 Å². The van der Waals surface area contributed by atoms with Crippen molar-refractivity contribution < 1.29 is 14.3 Å². The summed E-state index contributed by atoms with van der Waals surface area (Å²) in [6.45, 7) is 8.67. The Morgan fingerprint density at radius 3 is 2.67 bits per heavy atom. The number of rotatable bonds is 4. The molecule has 0 aromatic carbocycles. The van der Waals surface area contributed by atoms with Crippen LogP contribution in [-0.4, -0.2) is 19.7 Å². The van der Waals surface area contributed by atoms with Crippen molar-refractivity contribution in [3.63, 3.8) is 0 Å². The molecule has 0 amide bonds. The summed E-state index contributed by atoms with van der Waals surface area (Å²) in [7, 11) is 1.39. The molecule has 18 heavy (non-hydrogen) atoms. The summed E-state index contributed by atoms with van der Waals surface area (Å²) in [4.78, 5) is 11.3. The second-order valence-corrected chi connectivity index (χ2v) is 5.30. The van der Waals surface area contributed by atoms with Crippen molar-refractivity contribution in [1.29, 1.82) is 0 Å². The minimum Gasteiger partial charge on any atom is -0.493 e. The number of allylic oxidation sites excluding steroid dienone is 4. The van der Waals surface area contributed by atoms with Crippen LogP contribution in [0.15, 0.2) is 35.1 Å². The van der Waals surface area contributed by atoms with E-state index in [2.05, 4.69) is 24.7 Å². The van der Waals surface area contributed by atoms with Gasteiger partial charge in [-0.3, -0.25) is 0 Å². The van der Waals surface area contributed by atoms with E-state index < -0.39 is 0 Å². The summed E-state index contributed by atoms with van der Waals surface area (Å²) in [5.74, 6) is 0.682. The van der Waals surface area contributed by atoms with E-state index in [1.54, 1.807) is 6.92 Å². The molecule has 3 nitrogen and oxygen atoms in total. The van der Waals surface area contributed by atoms with E-state index in [1.165, 1.54) is 12.7 Å². The summed E-state index contributed by atoms with van der Waals surface area (Å²) < 4.78 is 10.4. The van der Waals surface area contributed by atoms with Crippen LogP contribution in [-0.2, 0) is 14.3 Å². The van der Waals surface area contributed by atoms with Gasteiger partial charge < -0.3 is 9.47 Å². The van der Waals surface area contributed by atoms with Gasteiger partial charge in [0.2, 0.25) is 0 Å². The molecule has 1 aliphatic rings. The molecule has 0 saturated heterocycles. The van der Waals surface area contributed by atoms with Crippen LogP contribution in [0.4, 0.5) is 0 Å². The molecule has 1 rings (SSSR count). The van der Waals surface area contributed by atoms with Gasteiger partial charge in [0.1, 0.15) is 12.4 Å². The lowest BCUT2D eigenvalue weighted by atomic mass is 9.85. The molecule has 0 fully saturated rings. The molecule has 100 valence electrons. The van der Waals surface area contributed by atoms with E-state index in [9.17, 15) is 4.79 Å². The molecule has 0 radical (unpaired) electrons. The van der Waals surface area contributed by atoms with Crippen LogP contribution in [0.25, 0.3) is 0 Å². The summed E-state index contributed by atoms with van der Waals surface area (Å²) in [6, 6.07) is 0. The molecule has 0 N–H and O–H groups in total. The Hall–Kier alpha value is -1.51. The van der Waals surface area contributed by atoms with Crippen LogP contribution in [0, 0.1) is 5.41 Å². The van der Waals surface area contributed by atoms with Gasteiger partial charge in [-0.1, -0.05) is 26.0 Å². The Balaban J connectivity index is 2.74. The third kappa shape index (κ3) is 3.76. The lowest BCUT2D eigenvalue weighted by Gasteiger charge is -2.28. The Morgan fingerprint density at radius 1 is 1.50 bits per heavy atom. The van der Waals surface area contributed by atoms with Gasteiger partial charge in [-0.05, 0) is 31.9 Å². The molecule has 3 heteroatoms. The number of ether oxygens (including phenoxy) is 2. The zero-order valence-corrected chi connectivity index (χ0v) is 11.9. The van der Waals surface area contributed by atoms with E-state index in [0.717, 1.165) is 12.2 Å². The van der Waals surface area contributed by atoms with Gasteiger partial charge in [-0.15, -0.1) is 0 Å². The predicted octanol–water partition coefficient (Wildman–Crippen LogP) is 3.38. The third-order valence-corrected chi connectivity index (χ3v) is 3.07. The maximum Gasteiger partial charge on any atom is 0.333 e. The van der Waals surface area contributed by atoms with Crippen molar-refractivity contribution >= 4 is 5.97 Å². The quantitative estimate of drug-likeness (QED) is 0.567. The van der Waals surface area contributed by atoms with E-state index in [-0.39, 0.29) is 11.4 Å². The fourth-order valence-corrected chi connectivity index (χ4v) is 1.68. The smallest absolute Gasteiger partial charge is 0.333 e. The maximum atomic E-state index is 11.3. The predicted molar refractivity (Wildman–Crippen MR) is 72.0 cm³/mol. The molecule has 0 aromatic rings. The Bertz CT molecular complexity index is 411. The minimum absolute atomic E-state index is 0.119. The van der Waals surface area contributed by atoms with Gasteiger partial charge in [0.15, 0.2) is 0 Å². The molecule has 0 atom stereocenters. The summed E-state index contributed by atoms with van der Waals surface area (Å²) in [6.07, 6.45) is 6.74. The first-order valence-corrected chi connectivity index (χ1v) is 6.12. The first kappa shape index (κ1) is 14.6. The van der Waals surface area contributed by atoms with Crippen molar-refractivity contribution in [1.82, 2.24) is 0 Å². The molecular weight excluding hydrogens is 228 g/mol. The first-order valence-electron chi connectivity index (χ1n) is 6.12. The monoisotopic (exact) mass is 250 g/mol. The van der Waals surface area contributed by atoms with Crippen molar-refractivity contribution in [2.75, 3.05) is 13.7 Å². The molecule has 0 bridgehead atoms. The topological polar surface area (TPSA) is 35.5 Å². The number of carbonyl (C=O) groups is 1. The fourth-order valence-electron chi connectivity index (χ4n) is 1.68. The molecule has 0 saturated carbocycles. The number of hydrogen-bond acceptors (Lipinski definition) is 3. The lowest BCUT2D eigenvalue weighted by Crippen LogP contribution is -2.19. The lowest BCUT2D eigenvalue weighted by molar-refractivity contribution is -0.136. The van der Waals surface area contributed by atoms with Gasteiger partial charge in [0.05, 0.1) is 7.11 Å². The average Bonchev–Trinajstić information content (AvgIpc) is 2.35. The normalized spacial score (nSPS) is 16.6. The fraction of sp³-hybridized carbons (Fsp3) is 0.533. The summed E-state index contributed by atoms with van der Waals surface area (Å²) in [5.41, 5.74) is 1.73. The molecule has 0 aromatic heterocycles. The summed E-state index contributed by atoms with van der Waals surface area (Å²) in [5, 5.41) is 0. The van der Waals surface area contributed by atoms with E-state index >= 15 is 0 Å². The van der Waals surface area contributed by atoms with Gasteiger partial charge in [-0.2, -0.15) is 0 Å². The van der Waals surface area contributed by atoms with Crippen LogP contribution in [0.1, 0.15) is 34.1 Å². The Labute approximate surface area is 109 Å². The third-order valence-electron chi connectivity index (χ3n) is 3.07. The number of carbonyl (C=O) groups excluding carboxylic acids is 1. The zero-order chi connectivity index (χ0) is 13.8. The highest BCUT2D eigenvalue weighted by Gasteiger charge is 2.25. The second kappa shape index (κ2) is 5.89. The van der Waals surface area contributed by atoms with Crippen molar-refractivity contribution in [2.45, 2.75) is 34.1 Å². The first-order chi connectivity index (χ1) is 8.36. The standard InChI is InChI=1S/C15H22O3/c1-11-6-7-13(18-10-11)15(3,4)9-8-12(2)14(16)17-5/h6-8H,9-10H2,1-5H3. The van der Waals surface area contributed by atoms with Gasteiger partial charge in [0, 0.05) is 11.0 Å². The molecule has 0 unspecified atom stereocenters. The number of esters is 1. The van der Waals surface area contributed by atoms with Crippen LogP contribution < -0.4 is 0 Å². The number of hydrogen-bond donors (Lipinski definition) is 0. The van der Waals surface area contributed by atoms with Crippen LogP contribution in [0.3, 0.4) is 0 Å². The van der Waals surface area contributed by atoms with Crippen LogP contribution in [0.2, 0.25) is 0 Å². The highest BCUT2D eigenvalue weighted by atomic mass is 16.5. The SMILES string of the molecule is COC(=O)C(C)=CCC(C)(C)C1=CC=C(C)CO1. The van der Waals surface area contributed by atoms with Gasteiger partial charge in [0.25, 0.3) is 0 Å². The Morgan fingerprint density at radius 2 is 2.17 bits per heavy atom. The Kier molecular flexibility index (Phi) is 4.76. The minimum atomic E-state index is -0.278. The molecule has 0 spiro atoms.